The molecule has 1 unspecified atom stereocenters. The Balaban J connectivity index is 4.13. The van der Waals surface area contributed by atoms with Gasteiger partial charge < -0.3 is 4.74 Å². The van der Waals surface area contributed by atoms with Crippen molar-refractivity contribution in [3.8, 4) is 0 Å². The highest BCUT2D eigenvalue weighted by molar-refractivity contribution is 5.81. The molecule has 0 aliphatic rings. The first-order valence-corrected chi connectivity index (χ1v) is 3.15. The molecule has 0 heterocycles. The third kappa shape index (κ3) is 2.96. The van der Waals surface area contributed by atoms with Crippen LogP contribution in [0.3, 0.4) is 0 Å². The summed E-state index contributed by atoms with van der Waals surface area (Å²) in [5.74, 6) is 0.261. The van der Waals surface area contributed by atoms with Gasteiger partial charge in [0.05, 0.1) is 12.2 Å². The monoisotopic (exact) mass is 160 g/mol. The summed E-state index contributed by atoms with van der Waals surface area (Å²) in [5, 5.41) is 0. The van der Waals surface area contributed by atoms with Crippen molar-refractivity contribution in [3.05, 3.63) is 5.57 Å². The van der Waals surface area contributed by atoms with Gasteiger partial charge in [0.15, 0.2) is 0 Å². The first-order valence-electron chi connectivity index (χ1n) is 3.15. The quantitative estimate of drug-likeness (QED) is 0.450. The van der Waals surface area contributed by atoms with Crippen molar-refractivity contribution in [2.24, 2.45) is 0 Å². The van der Waals surface area contributed by atoms with E-state index in [1.165, 1.54) is 12.9 Å². The SMILES string of the molecule is CCOC(=O)C(F)C(C)=C=O. The number of ether oxygens (including phenoxy) is 1. The first-order chi connectivity index (χ1) is 5.13. The van der Waals surface area contributed by atoms with Crippen LogP contribution in [0.1, 0.15) is 13.8 Å². The Hall–Kier alpha value is -1.15. The van der Waals surface area contributed by atoms with E-state index < -0.39 is 12.1 Å². The topological polar surface area (TPSA) is 43.4 Å². The van der Waals surface area contributed by atoms with Crippen molar-refractivity contribution in [2.75, 3.05) is 6.61 Å². The standard InChI is InChI=1S/C7H9FO3/c1-3-11-7(10)6(8)5(2)4-9/h6H,3H2,1-2H3. The summed E-state index contributed by atoms with van der Waals surface area (Å²) in [6.45, 7) is 2.85. The predicted molar refractivity (Wildman–Crippen MR) is 36.4 cm³/mol. The minimum absolute atomic E-state index is 0.103. The van der Waals surface area contributed by atoms with Crippen LogP contribution in [0, 0.1) is 0 Å². The molecule has 0 aromatic heterocycles. The summed E-state index contributed by atoms with van der Waals surface area (Å²) >= 11 is 0. The van der Waals surface area contributed by atoms with Gasteiger partial charge in [-0.2, -0.15) is 0 Å². The summed E-state index contributed by atoms with van der Waals surface area (Å²) in [6, 6.07) is 0. The highest BCUT2D eigenvalue weighted by Gasteiger charge is 2.20. The van der Waals surface area contributed by atoms with Crippen molar-refractivity contribution in [3.63, 3.8) is 0 Å². The number of carbonyl (C=O) groups is 1. The van der Waals surface area contributed by atoms with Gasteiger partial charge in [-0.05, 0) is 13.8 Å². The van der Waals surface area contributed by atoms with Crippen LogP contribution in [-0.4, -0.2) is 24.7 Å². The fourth-order valence-electron chi connectivity index (χ4n) is 0.444. The normalized spacial score (nSPS) is 11.5. The van der Waals surface area contributed by atoms with Gasteiger partial charge in [0.1, 0.15) is 5.94 Å². The molecular weight excluding hydrogens is 151 g/mol. The number of hydrogen-bond acceptors (Lipinski definition) is 3. The molecule has 0 saturated heterocycles. The van der Waals surface area contributed by atoms with Crippen molar-refractivity contribution in [1.82, 2.24) is 0 Å². The molecule has 0 aliphatic carbocycles. The predicted octanol–water partition coefficient (Wildman–Crippen LogP) is 0.665. The Morgan fingerprint density at radius 2 is 2.27 bits per heavy atom. The van der Waals surface area contributed by atoms with Crippen LogP contribution in [0.2, 0.25) is 0 Å². The summed E-state index contributed by atoms with van der Waals surface area (Å²) < 4.78 is 16.9. The highest BCUT2D eigenvalue weighted by atomic mass is 19.1. The molecule has 0 fully saturated rings. The number of hydrogen-bond donors (Lipinski definition) is 0. The van der Waals surface area contributed by atoms with Crippen molar-refractivity contribution in [1.29, 1.82) is 0 Å². The van der Waals surface area contributed by atoms with E-state index in [4.69, 9.17) is 0 Å². The molecule has 62 valence electrons. The number of rotatable bonds is 3. The fourth-order valence-corrected chi connectivity index (χ4v) is 0.444. The van der Waals surface area contributed by atoms with Crippen LogP contribution < -0.4 is 0 Å². The van der Waals surface area contributed by atoms with Crippen LogP contribution in [0.15, 0.2) is 5.57 Å². The molecule has 0 spiro atoms. The van der Waals surface area contributed by atoms with Crippen LogP contribution >= 0.6 is 0 Å². The molecule has 0 N–H and O–H groups in total. The largest absolute Gasteiger partial charge is 0.464 e. The molecule has 4 heteroatoms. The maximum absolute atomic E-state index is 12.6. The van der Waals surface area contributed by atoms with Crippen LogP contribution in [0.5, 0.6) is 0 Å². The second kappa shape index (κ2) is 4.63. The third-order valence-corrected chi connectivity index (χ3v) is 1.03. The summed E-state index contributed by atoms with van der Waals surface area (Å²) in [5.41, 5.74) is -0.288. The Kier molecular flexibility index (Phi) is 4.15. The lowest BCUT2D eigenvalue weighted by Gasteiger charge is -2.03. The van der Waals surface area contributed by atoms with E-state index in [0.717, 1.165) is 0 Å². The van der Waals surface area contributed by atoms with E-state index in [-0.39, 0.29) is 12.2 Å². The number of carbonyl (C=O) groups excluding carboxylic acids is 2. The van der Waals surface area contributed by atoms with Crippen molar-refractivity contribution >= 4 is 11.9 Å². The van der Waals surface area contributed by atoms with Crippen molar-refractivity contribution < 1.29 is 18.7 Å². The van der Waals surface area contributed by atoms with E-state index in [1.807, 2.05) is 0 Å². The lowest BCUT2D eigenvalue weighted by molar-refractivity contribution is -0.147. The number of halogens is 1. The van der Waals surface area contributed by atoms with Gasteiger partial charge in [0, 0.05) is 0 Å². The average molecular weight is 160 g/mol. The summed E-state index contributed by atoms with van der Waals surface area (Å²) in [4.78, 5) is 20.4. The molecule has 0 aliphatic heterocycles. The van der Waals surface area contributed by atoms with Crippen LogP contribution in [0.4, 0.5) is 4.39 Å². The lowest BCUT2D eigenvalue weighted by Crippen LogP contribution is -2.20. The zero-order valence-electron chi connectivity index (χ0n) is 6.39. The fraction of sp³-hybridized carbons (Fsp3) is 0.571. The molecule has 0 rings (SSSR count). The van der Waals surface area contributed by atoms with E-state index >= 15 is 0 Å². The maximum atomic E-state index is 12.6. The Labute approximate surface area is 63.8 Å². The Morgan fingerprint density at radius 1 is 1.73 bits per heavy atom. The first kappa shape index (κ1) is 9.85. The molecule has 0 saturated carbocycles. The second-order valence-corrected chi connectivity index (χ2v) is 1.90. The molecule has 0 bridgehead atoms. The lowest BCUT2D eigenvalue weighted by atomic mass is 10.2. The van der Waals surface area contributed by atoms with Crippen LogP contribution in [-0.2, 0) is 14.3 Å². The number of esters is 1. The molecule has 0 radical (unpaired) electrons. The van der Waals surface area contributed by atoms with Gasteiger partial charge in [0.2, 0.25) is 6.17 Å². The molecule has 0 aromatic carbocycles. The van der Waals surface area contributed by atoms with E-state index in [9.17, 15) is 14.0 Å². The average Bonchev–Trinajstić information content (AvgIpc) is 2.02. The van der Waals surface area contributed by atoms with Crippen LogP contribution in [0.25, 0.3) is 0 Å². The smallest absolute Gasteiger partial charge is 0.345 e. The van der Waals surface area contributed by atoms with Gasteiger partial charge >= 0.3 is 5.97 Å². The summed E-state index contributed by atoms with van der Waals surface area (Å²) in [6.07, 6.45) is -1.97. The summed E-state index contributed by atoms with van der Waals surface area (Å²) in [7, 11) is 0. The minimum Gasteiger partial charge on any atom is -0.464 e. The molecule has 11 heavy (non-hydrogen) atoms. The maximum Gasteiger partial charge on any atom is 0.345 e. The van der Waals surface area contributed by atoms with E-state index in [1.54, 1.807) is 6.92 Å². The Bertz CT molecular complexity index is 194. The highest BCUT2D eigenvalue weighted by Crippen LogP contribution is 2.03. The van der Waals surface area contributed by atoms with Gasteiger partial charge in [0.25, 0.3) is 0 Å². The molecule has 0 amide bonds. The van der Waals surface area contributed by atoms with Crippen molar-refractivity contribution in [2.45, 2.75) is 20.0 Å². The van der Waals surface area contributed by atoms with Gasteiger partial charge in [-0.1, -0.05) is 0 Å². The van der Waals surface area contributed by atoms with Gasteiger partial charge in [-0.15, -0.1) is 0 Å². The van der Waals surface area contributed by atoms with E-state index in [2.05, 4.69) is 4.74 Å². The Morgan fingerprint density at radius 3 is 2.64 bits per heavy atom. The zero-order chi connectivity index (χ0) is 8.85. The third-order valence-electron chi connectivity index (χ3n) is 1.03. The molecule has 3 nitrogen and oxygen atoms in total. The van der Waals surface area contributed by atoms with Gasteiger partial charge in [-0.25, -0.2) is 14.0 Å². The second-order valence-electron chi connectivity index (χ2n) is 1.90. The minimum atomic E-state index is -1.97. The molecular formula is C7H9FO3. The number of alkyl halides is 1. The molecule has 1 atom stereocenters. The van der Waals surface area contributed by atoms with Gasteiger partial charge in [-0.3, -0.25) is 0 Å². The zero-order valence-corrected chi connectivity index (χ0v) is 6.39. The molecule has 0 aromatic rings. The van der Waals surface area contributed by atoms with E-state index in [0.29, 0.717) is 0 Å².